The van der Waals surface area contributed by atoms with Crippen molar-refractivity contribution in [3.05, 3.63) is 102 Å². The van der Waals surface area contributed by atoms with E-state index in [2.05, 4.69) is 121 Å². The van der Waals surface area contributed by atoms with Crippen LogP contribution in [0.15, 0.2) is 85.1 Å². The van der Waals surface area contributed by atoms with E-state index in [0.29, 0.717) is 22.0 Å². The van der Waals surface area contributed by atoms with E-state index in [-0.39, 0.29) is 87.6 Å². The maximum absolute atomic E-state index is 15.5. The predicted molar refractivity (Wildman–Crippen MR) is 532 cm³/mol. The van der Waals surface area contributed by atoms with Crippen molar-refractivity contribution < 1.29 is 136 Å². The van der Waals surface area contributed by atoms with Crippen molar-refractivity contribution in [3.63, 3.8) is 0 Å². The van der Waals surface area contributed by atoms with Crippen LogP contribution >= 0.6 is 25.3 Å². The van der Waals surface area contributed by atoms with E-state index in [4.69, 9.17) is 33.8 Å². The van der Waals surface area contributed by atoms with Gasteiger partial charge in [-0.3, -0.25) is 116 Å². The first-order valence-corrected chi connectivity index (χ1v) is 48.3. The first kappa shape index (κ1) is 122. The van der Waals surface area contributed by atoms with Gasteiger partial charge in [0.05, 0.1) is 25.3 Å². The number of H-pyrrole nitrogens is 1. The number of rotatable bonds is 64. The zero-order valence-corrected chi connectivity index (χ0v) is 83.4. The number of hydrogen-bond acceptors (Lipinski definition) is 28. The minimum atomic E-state index is -2.15. The van der Waals surface area contributed by atoms with Crippen LogP contribution in [0.1, 0.15) is 148 Å². The van der Waals surface area contributed by atoms with Crippen molar-refractivity contribution in [2.24, 2.45) is 40.7 Å². The first-order valence-electron chi connectivity index (χ1n) is 47.0. The summed E-state index contributed by atoms with van der Waals surface area (Å²) >= 11 is 8.45. The van der Waals surface area contributed by atoms with Gasteiger partial charge in [-0.1, -0.05) is 102 Å². The Kier molecular flexibility index (Phi) is 50.6. The van der Waals surface area contributed by atoms with Crippen molar-refractivity contribution in [3.8, 4) is 5.75 Å². The second-order valence-electron chi connectivity index (χ2n) is 35.9. The molecule has 4 aromatic rings. The molecule has 1 saturated heterocycles. The molecular formula is C92H133N25O28S2. The number of carbonyl (C=O) groups excluding carboxylic acids is 17. The molecule has 1 fully saturated rings. The predicted octanol–water partition coefficient (Wildman–Crippen LogP) is -6.49. The van der Waals surface area contributed by atoms with E-state index < -0.39 is 327 Å². The minimum absolute atomic E-state index is 0.0457. The molecule has 1 aliphatic rings. The summed E-state index contributed by atoms with van der Waals surface area (Å²) < 4.78 is 0. The van der Waals surface area contributed by atoms with E-state index in [9.17, 15) is 122 Å². The Morgan fingerprint density at radius 2 is 0.789 bits per heavy atom. The lowest BCUT2D eigenvalue weighted by Gasteiger charge is -2.31. The molecule has 5 rings (SSSR count). The number of benzene rings is 3. The summed E-state index contributed by atoms with van der Waals surface area (Å²) in [6, 6.07) is -7.61. The second kappa shape index (κ2) is 61.0. The topological polar surface area (TPSA) is 872 Å². The number of aromatic amines is 1. The summed E-state index contributed by atoms with van der Waals surface area (Å²) in [5.74, 6) is -31.1. The molecule has 3 aromatic carbocycles. The molecule has 0 radical (unpaired) electrons. The minimum Gasteiger partial charge on any atom is -0.508 e. The number of thiol groups is 2. The Labute approximate surface area is 854 Å². The van der Waals surface area contributed by atoms with Gasteiger partial charge >= 0.3 is 29.8 Å². The fourth-order valence-corrected chi connectivity index (χ4v) is 15.8. The first-order chi connectivity index (χ1) is 69.3. The summed E-state index contributed by atoms with van der Waals surface area (Å²) in [5.41, 5.74) is 24.2. The quantitative estimate of drug-likeness (QED) is 0.00846. The maximum Gasteiger partial charge on any atom is 0.322 e. The zero-order chi connectivity index (χ0) is 110. The van der Waals surface area contributed by atoms with Crippen LogP contribution in [0.5, 0.6) is 5.75 Å². The number of carbonyl (C=O) groups is 22. The molecule has 17 amide bonds. The SMILES string of the molecule is CC(C)C[C@H](N)C(=O)N[C@@H](CS)C(=O)N[C@@H](CC(=O)O)C(=O)N[C@@H](CC(=O)O)C(=O)N1CCC[C@H]1C(=O)N[C@@H](CCCNC(=N)N)C(=O)N[C@H](C(=O)N[C@@H](CC(=O)O)C(=O)N[C@@H](CCCNC(=N)N)C(=O)N[C@@H](Cc1c[nH]c2ccccc12)C(=O)N[C@@H](Cc1ccc(O)cc1)C(=O)N[C@@H](CS)C(=O)N[C@@H](CCC(N)=O)C(=O)N[C@@H](Cc1ccccc1)C(=O)N[C@H](C(=O)N[C@@H](CCC(=O)O)C(=O)NCC(=O)O)C(C)C)C(C)C. The number of para-hydroxylation sites is 1. The van der Waals surface area contributed by atoms with Crippen molar-refractivity contribution in [1.29, 1.82) is 10.8 Å². The fourth-order valence-electron chi connectivity index (χ4n) is 15.3. The third kappa shape index (κ3) is 42.4. The lowest BCUT2D eigenvalue weighted by molar-refractivity contribution is -0.147. The smallest absolute Gasteiger partial charge is 0.322 e. The van der Waals surface area contributed by atoms with Gasteiger partial charge in [0.25, 0.3) is 0 Å². The molecule has 16 atom stereocenters. The Hall–Kier alpha value is -15.5. The molecule has 55 heteroatoms. The highest BCUT2D eigenvalue weighted by molar-refractivity contribution is 7.80. The number of aromatic nitrogens is 1. The van der Waals surface area contributed by atoms with Gasteiger partial charge in [0.2, 0.25) is 100 Å². The number of nitrogens with zero attached hydrogens (tertiary/aromatic N) is 1. The number of likely N-dealkylation sites (tertiary alicyclic amines) is 1. The number of carboxylic acid groups (broad SMARTS) is 5. The lowest BCUT2D eigenvalue weighted by Crippen LogP contribution is -2.62. The number of aliphatic carboxylic acids is 5. The zero-order valence-electron chi connectivity index (χ0n) is 81.6. The maximum atomic E-state index is 15.5. The van der Waals surface area contributed by atoms with Gasteiger partial charge < -0.3 is 154 Å². The van der Waals surface area contributed by atoms with Crippen LogP contribution in [-0.4, -0.2) is 317 Å². The van der Waals surface area contributed by atoms with Crippen molar-refractivity contribution in [2.45, 2.75) is 247 Å². The highest BCUT2D eigenvalue weighted by Gasteiger charge is 2.44. The molecule has 0 spiro atoms. The number of amides is 17. The standard InChI is InChI=1S/C92H133N25O28S2/c1-44(2)33-52(93)75(130)113-64(42-146)86(141)110-61(37-69(122)123)83(138)112-63(39-71(126)127)90(145)117-32-14-21-66(117)87(142)105-55(20-13-31-100-92(97)98)79(134)115-74(46(5)6)89(144)111-62(38-70(124)125)82(137)103-54(19-12-30-99-91(95)96)77(132)109-60(36-49-40-101-53-18-11-10-17-51(49)53)81(136)108-58(35-48-22-24-50(118)25-23-48)80(135)114-65(43-147)85(140)104-57(26-28-67(94)119)78(133)107-59(34-47-15-8-7-9-16-47)84(139)116-73(45(3)4)88(143)106-56(27-29-68(120)121)76(131)102-41-72(128)129/h7-11,15-18,22-25,40,44-46,52,54-66,73-74,101,118,146-147H,12-14,19-21,26-39,41-43,93H2,1-6H3,(H2,94,119)(H,102,131)(H,103,137)(H,104,140)(H,105,142)(H,106,143)(H,107,133)(H,108,136)(H,109,132)(H,110,141)(H,111,144)(H,112,138)(H,113,130)(H,114,135)(H,115,134)(H,116,139)(H,120,121)(H,122,123)(H,124,125)(H,126,127)(H,128,129)(H4,95,96,99)(H4,97,98,100)/t52-,54-,55-,56-,57-,58-,59-,60-,61-,62-,63-,64-,65-,66-,73-,74-/m0/s1. The molecule has 0 bridgehead atoms. The van der Waals surface area contributed by atoms with E-state index in [0.717, 1.165) is 4.90 Å². The number of aromatic hydroxyl groups is 1. The van der Waals surface area contributed by atoms with Crippen LogP contribution < -0.4 is 113 Å². The lowest BCUT2D eigenvalue weighted by atomic mass is 9.99. The van der Waals surface area contributed by atoms with E-state index in [1.165, 1.54) is 58.2 Å². The average Bonchev–Trinajstić information content (AvgIpc) is 1.72. The number of phenolic OH excluding ortho intramolecular Hbond substituents is 1. The molecule has 34 N–H and O–H groups in total. The molecule has 2 heterocycles. The van der Waals surface area contributed by atoms with Gasteiger partial charge in [-0.25, -0.2) is 0 Å². The van der Waals surface area contributed by atoms with E-state index in [1.807, 2.05) is 0 Å². The van der Waals surface area contributed by atoms with Gasteiger partial charge in [-0.05, 0) is 110 Å². The van der Waals surface area contributed by atoms with Crippen molar-refractivity contribution in [1.82, 2.24) is 100 Å². The number of guanidine groups is 2. The van der Waals surface area contributed by atoms with Crippen LogP contribution in [0.4, 0.5) is 0 Å². The fraction of sp³-hybridized carbons (Fsp3) is 0.522. The number of nitrogens with two attached hydrogens (primary N) is 4. The number of nitrogens with one attached hydrogen (secondary N) is 20. The Morgan fingerprint density at radius 3 is 1.26 bits per heavy atom. The molecule has 0 aliphatic carbocycles. The number of hydrogen-bond donors (Lipinski definition) is 32. The molecule has 1 aromatic heterocycles. The summed E-state index contributed by atoms with van der Waals surface area (Å²) in [6.07, 6.45) is -6.46. The van der Waals surface area contributed by atoms with Gasteiger partial charge in [-0.15, -0.1) is 0 Å². The monoisotopic (exact) mass is 2100 g/mol. The molecule has 806 valence electrons. The molecule has 0 saturated carbocycles. The highest BCUT2D eigenvalue weighted by Crippen LogP contribution is 2.24. The number of phenols is 1. The Balaban J connectivity index is 1.46. The van der Waals surface area contributed by atoms with Crippen LogP contribution in [0.25, 0.3) is 10.9 Å². The molecule has 1 aliphatic heterocycles. The number of primary amides is 1. The normalized spacial score (nSPS) is 15.2. The molecule has 0 unspecified atom stereocenters. The summed E-state index contributed by atoms with van der Waals surface area (Å²) in [7, 11) is 0. The third-order valence-electron chi connectivity index (χ3n) is 22.9. The van der Waals surface area contributed by atoms with Gasteiger partial charge in [0.15, 0.2) is 11.9 Å². The Bertz CT molecular complexity index is 5350. The van der Waals surface area contributed by atoms with E-state index >= 15 is 14.4 Å². The average molecular weight is 2100 g/mol. The van der Waals surface area contributed by atoms with Crippen LogP contribution in [0.3, 0.4) is 0 Å². The van der Waals surface area contributed by atoms with Crippen LogP contribution in [-0.2, 0) is 125 Å². The summed E-state index contributed by atoms with van der Waals surface area (Å²) in [6.45, 7) is 7.95. The third-order valence-corrected chi connectivity index (χ3v) is 23.7. The second-order valence-corrected chi connectivity index (χ2v) is 36.6. The summed E-state index contributed by atoms with van der Waals surface area (Å²) in [5, 5.41) is 116. The number of fused-ring (bicyclic) bond motifs is 1. The molecule has 53 nitrogen and oxygen atoms in total. The van der Waals surface area contributed by atoms with Crippen molar-refractivity contribution in [2.75, 3.05) is 37.7 Å². The summed E-state index contributed by atoms with van der Waals surface area (Å²) in [4.78, 5) is 307. The van der Waals surface area contributed by atoms with Crippen LogP contribution in [0, 0.1) is 28.6 Å². The van der Waals surface area contributed by atoms with Gasteiger partial charge in [0.1, 0.15) is 103 Å². The van der Waals surface area contributed by atoms with Gasteiger partial charge in [-0.2, -0.15) is 25.3 Å². The Morgan fingerprint density at radius 1 is 0.408 bits per heavy atom. The van der Waals surface area contributed by atoms with Crippen molar-refractivity contribution >= 4 is 178 Å². The van der Waals surface area contributed by atoms with Gasteiger partial charge in [0, 0.05) is 80.3 Å². The largest absolute Gasteiger partial charge is 0.508 e. The van der Waals surface area contributed by atoms with E-state index in [1.54, 1.807) is 68.4 Å². The number of carboxylic acids is 5. The molecular weight excluding hydrogens is 1970 g/mol. The molecule has 147 heavy (non-hydrogen) atoms. The highest BCUT2D eigenvalue weighted by atomic mass is 32.1. The van der Waals surface area contributed by atoms with Crippen LogP contribution in [0.2, 0.25) is 0 Å².